The molecule has 0 spiro atoms. The molecule has 1 aliphatic heterocycles. The second-order valence-corrected chi connectivity index (χ2v) is 6.49. The molecule has 2 nitrogen and oxygen atoms in total. The Kier molecular flexibility index (Phi) is 3.45. The van der Waals surface area contributed by atoms with E-state index in [1.165, 1.54) is 22.3 Å². The van der Waals surface area contributed by atoms with Crippen LogP contribution < -0.4 is 0 Å². The Bertz CT molecular complexity index is 647. The third-order valence-electron chi connectivity index (χ3n) is 5.14. The summed E-state index contributed by atoms with van der Waals surface area (Å²) in [5.41, 5.74) is 5.51. The fraction of sp³-hybridized carbons (Fsp3) is 0.350. The molecule has 1 atom stereocenters. The van der Waals surface area contributed by atoms with E-state index < -0.39 is 0 Å². The van der Waals surface area contributed by atoms with E-state index in [0.29, 0.717) is 5.91 Å². The lowest BCUT2D eigenvalue weighted by molar-refractivity contribution is -0.136. The topological polar surface area (TPSA) is 20.3 Å². The highest BCUT2D eigenvalue weighted by molar-refractivity contribution is 5.80. The summed E-state index contributed by atoms with van der Waals surface area (Å²) >= 11 is 0. The van der Waals surface area contributed by atoms with Gasteiger partial charge >= 0.3 is 0 Å². The summed E-state index contributed by atoms with van der Waals surface area (Å²) in [5, 5.41) is 0. The minimum absolute atomic E-state index is 0.167. The summed E-state index contributed by atoms with van der Waals surface area (Å²) in [6.45, 7) is 1.65. The lowest BCUT2D eigenvalue weighted by Crippen LogP contribution is -2.41. The molecule has 1 heterocycles. The molecule has 22 heavy (non-hydrogen) atoms. The average Bonchev–Trinajstić information content (AvgIpc) is 2.60. The minimum Gasteiger partial charge on any atom is -0.338 e. The summed E-state index contributed by atoms with van der Waals surface area (Å²) in [6.07, 6.45) is 3.93. The van der Waals surface area contributed by atoms with Crippen LogP contribution in [-0.2, 0) is 30.6 Å². The van der Waals surface area contributed by atoms with Crippen LogP contribution in [0.1, 0.15) is 28.7 Å². The van der Waals surface area contributed by atoms with E-state index >= 15 is 0 Å². The summed E-state index contributed by atoms with van der Waals surface area (Å²) in [4.78, 5) is 15.0. The second kappa shape index (κ2) is 5.60. The van der Waals surface area contributed by atoms with Crippen LogP contribution in [0, 0.1) is 5.92 Å². The van der Waals surface area contributed by atoms with E-state index in [1.54, 1.807) is 0 Å². The molecule has 0 N–H and O–H groups in total. The molecule has 4 rings (SSSR count). The van der Waals surface area contributed by atoms with Crippen LogP contribution in [0.5, 0.6) is 0 Å². The van der Waals surface area contributed by atoms with E-state index in [2.05, 4.69) is 53.4 Å². The molecule has 1 unspecified atom stereocenters. The summed E-state index contributed by atoms with van der Waals surface area (Å²) < 4.78 is 0. The van der Waals surface area contributed by atoms with Crippen LogP contribution in [0.2, 0.25) is 0 Å². The maximum atomic E-state index is 12.9. The van der Waals surface area contributed by atoms with Crippen molar-refractivity contribution in [3.63, 3.8) is 0 Å². The van der Waals surface area contributed by atoms with Crippen LogP contribution in [-0.4, -0.2) is 17.4 Å². The molecule has 2 heteroatoms. The van der Waals surface area contributed by atoms with E-state index in [4.69, 9.17) is 0 Å². The van der Waals surface area contributed by atoms with E-state index in [-0.39, 0.29) is 5.92 Å². The molecule has 0 aromatic heterocycles. The molecular weight excluding hydrogens is 270 g/mol. The van der Waals surface area contributed by atoms with Crippen molar-refractivity contribution in [2.24, 2.45) is 5.92 Å². The van der Waals surface area contributed by atoms with Gasteiger partial charge in [0.2, 0.25) is 5.91 Å². The number of amides is 1. The third kappa shape index (κ3) is 2.43. The number of nitrogens with zero attached hydrogens (tertiary/aromatic N) is 1. The quantitative estimate of drug-likeness (QED) is 0.789. The first kappa shape index (κ1) is 13.6. The maximum absolute atomic E-state index is 12.9. The first-order valence-corrected chi connectivity index (χ1v) is 8.23. The Hall–Kier alpha value is -2.09. The molecule has 0 saturated carbocycles. The molecule has 0 radical (unpaired) electrons. The first-order chi connectivity index (χ1) is 10.8. The fourth-order valence-corrected chi connectivity index (χ4v) is 3.85. The van der Waals surface area contributed by atoms with E-state index in [0.717, 1.165) is 38.8 Å². The number of carbonyl (C=O) groups is 1. The van der Waals surface area contributed by atoms with Gasteiger partial charge in [-0.3, -0.25) is 4.79 Å². The summed E-state index contributed by atoms with van der Waals surface area (Å²) in [5.74, 6) is 0.518. The standard InChI is InChI=1S/C20H21NO/c22-20(18-10-9-15-5-1-3-7-17(15)13-18)21-12-11-16-6-2-4-8-19(16)14-21/h1-8,18H,9-14H2. The summed E-state index contributed by atoms with van der Waals surface area (Å²) in [6, 6.07) is 17.1. The molecule has 2 aliphatic rings. The lowest BCUT2D eigenvalue weighted by Gasteiger charge is -2.33. The lowest BCUT2D eigenvalue weighted by atomic mass is 9.83. The van der Waals surface area contributed by atoms with Crippen LogP contribution in [0.4, 0.5) is 0 Å². The van der Waals surface area contributed by atoms with Gasteiger partial charge in [-0.1, -0.05) is 48.5 Å². The van der Waals surface area contributed by atoms with Crippen molar-refractivity contribution >= 4 is 5.91 Å². The Morgan fingerprint density at radius 2 is 1.50 bits per heavy atom. The molecular formula is C20H21NO. The van der Waals surface area contributed by atoms with Gasteiger partial charge in [0.05, 0.1) is 0 Å². The van der Waals surface area contributed by atoms with Gasteiger partial charge in [-0.25, -0.2) is 0 Å². The largest absolute Gasteiger partial charge is 0.338 e. The SMILES string of the molecule is O=C(C1CCc2ccccc2C1)N1CCc2ccccc2C1. The predicted molar refractivity (Wildman–Crippen MR) is 87.5 cm³/mol. The Morgan fingerprint density at radius 3 is 2.27 bits per heavy atom. The third-order valence-corrected chi connectivity index (χ3v) is 5.14. The number of hydrogen-bond acceptors (Lipinski definition) is 1. The van der Waals surface area contributed by atoms with E-state index in [9.17, 15) is 4.79 Å². The van der Waals surface area contributed by atoms with Crippen molar-refractivity contribution in [1.82, 2.24) is 4.90 Å². The van der Waals surface area contributed by atoms with Gasteiger partial charge < -0.3 is 4.90 Å². The van der Waals surface area contributed by atoms with Crippen molar-refractivity contribution in [3.8, 4) is 0 Å². The molecule has 0 bridgehead atoms. The van der Waals surface area contributed by atoms with Crippen LogP contribution in [0.15, 0.2) is 48.5 Å². The molecule has 2 aromatic rings. The minimum atomic E-state index is 0.167. The Balaban J connectivity index is 1.50. The molecule has 112 valence electrons. The highest BCUT2D eigenvalue weighted by Gasteiger charge is 2.29. The number of aryl methyl sites for hydroxylation is 1. The number of hydrogen-bond donors (Lipinski definition) is 0. The predicted octanol–water partition coefficient (Wildman–Crippen LogP) is 3.38. The van der Waals surface area contributed by atoms with Crippen molar-refractivity contribution in [3.05, 3.63) is 70.8 Å². The van der Waals surface area contributed by atoms with Gasteiger partial charge in [0.1, 0.15) is 0 Å². The van der Waals surface area contributed by atoms with Crippen molar-refractivity contribution in [2.75, 3.05) is 6.54 Å². The molecule has 1 amide bonds. The number of benzene rings is 2. The van der Waals surface area contributed by atoms with Crippen LogP contribution in [0.3, 0.4) is 0 Å². The fourth-order valence-electron chi connectivity index (χ4n) is 3.85. The smallest absolute Gasteiger partial charge is 0.226 e. The zero-order valence-corrected chi connectivity index (χ0v) is 12.8. The molecule has 0 saturated heterocycles. The van der Waals surface area contributed by atoms with Gasteiger partial charge in [-0.2, -0.15) is 0 Å². The highest BCUT2D eigenvalue weighted by Crippen LogP contribution is 2.28. The van der Waals surface area contributed by atoms with Gasteiger partial charge in [-0.05, 0) is 47.9 Å². The van der Waals surface area contributed by atoms with Gasteiger partial charge in [0, 0.05) is 19.0 Å². The Labute approximate surface area is 131 Å². The van der Waals surface area contributed by atoms with Gasteiger partial charge in [0.25, 0.3) is 0 Å². The normalized spacial score (nSPS) is 20.2. The van der Waals surface area contributed by atoms with Gasteiger partial charge in [0.15, 0.2) is 0 Å². The average molecular weight is 291 g/mol. The number of rotatable bonds is 1. The Morgan fingerprint density at radius 1 is 0.864 bits per heavy atom. The van der Waals surface area contributed by atoms with Crippen LogP contribution in [0.25, 0.3) is 0 Å². The first-order valence-electron chi connectivity index (χ1n) is 8.23. The van der Waals surface area contributed by atoms with E-state index in [1.807, 2.05) is 0 Å². The highest BCUT2D eigenvalue weighted by atomic mass is 16.2. The van der Waals surface area contributed by atoms with Crippen molar-refractivity contribution in [1.29, 1.82) is 0 Å². The van der Waals surface area contributed by atoms with Crippen molar-refractivity contribution < 1.29 is 4.79 Å². The maximum Gasteiger partial charge on any atom is 0.226 e. The number of fused-ring (bicyclic) bond motifs is 2. The molecule has 1 aliphatic carbocycles. The zero-order valence-electron chi connectivity index (χ0n) is 12.8. The van der Waals surface area contributed by atoms with Gasteiger partial charge in [-0.15, -0.1) is 0 Å². The number of carbonyl (C=O) groups excluding carboxylic acids is 1. The molecule has 2 aromatic carbocycles. The second-order valence-electron chi connectivity index (χ2n) is 6.49. The summed E-state index contributed by atoms with van der Waals surface area (Å²) in [7, 11) is 0. The zero-order chi connectivity index (χ0) is 14.9. The monoisotopic (exact) mass is 291 g/mol. The van der Waals surface area contributed by atoms with Crippen molar-refractivity contribution in [2.45, 2.75) is 32.2 Å². The molecule has 0 fully saturated rings. The van der Waals surface area contributed by atoms with Crippen LogP contribution >= 0.6 is 0 Å².